The molecule has 1 aromatic carbocycles. The molecule has 1 aromatic rings. The number of benzene rings is 1. The van der Waals surface area contributed by atoms with Gasteiger partial charge in [0.2, 0.25) is 11.8 Å². The van der Waals surface area contributed by atoms with Crippen LogP contribution in [0.5, 0.6) is 0 Å². The molecule has 2 amide bonds. The Bertz CT molecular complexity index is 530. The van der Waals surface area contributed by atoms with Gasteiger partial charge in [-0.15, -0.1) is 0 Å². The molecule has 0 spiro atoms. The van der Waals surface area contributed by atoms with Crippen molar-refractivity contribution in [1.82, 2.24) is 5.32 Å². The molecule has 0 saturated carbocycles. The van der Waals surface area contributed by atoms with Crippen molar-refractivity contribution >= 4 is 11.8 Å². The van der Waals surface area contributed by atoms with Crippen molar-refractivity contribution in [3.05, 3.63) is 35.4 Å². The molecule has 0 fully saturated rings. The highest BCUT2D eigenvalue weighted by Crippen LogP contribution is 2.35. The molecule has 0 heterocycles. The van der Waals surface area contributed by atoms with Crippen molar-refractivity contribution in [3.63, 3.8) is 0 Å². The Morgan fingerprint density at radius 2 is 2.05 bits per heavy atom. The van der Waals surface area contributed by atoms with Gasteiger partial charge in [-0.3, -0.25) is 9.59 Å². The number of hydrogen-bond acceptors (Lipinski definition) is 3. The van der Waals surface area contributed by atoms with E-state index in [1.54, 1.807) is 0 Å². The fourth-order valence-electron chi connectivity index (χ4n) is 2.71. The zero-order valence-corrected chi connectivity index (χ0v) is 12.4. The van der Waals surface area contributed by atoms with E-state index >= 15 is 0 Å². The molecule has 2 rings (SSSR count). The minimum atomic E-state index is -0.503. The first-order valence-corrected chi connectivity index (χ1v) is 7.22. The summed E-state index contributed by atoms with van der Waals surface area (Å²) in [6.45, 7) is 2.58. The van der Waals surface area contributed by atoms with E-state index in [1.165, 1.54) is 11.1 Å². The fourth-order valence-corrected chi connectivity index (χ4v) is 2.71. The molecule has 3 N–H and O–H groups in total. The summed E-state index contributed by atoms with van der Waals surface area (Å²) in [5.74, 6) is -0.461. The molecule has 0 aliphatic heterocycles. The van der Waals surface area contributed by atoms with Gasteiger partial charge >= 0.3 is 0 Å². The second-order valence-electron chi connectivity index (χ2n) is 5.78. The Hall–Kier alpha value is -1.88. The third-order valence-corrected chi connectivity index (χ3v) is 3.97. The van der Waals surface area contributed by atoms with E-state index in [1.807, 2.05) is 19.1 Å². The molecule has 5 nitrogen and oxygen atoms in total. The van der Waals surface area contributed by atoms with Crippen LogP contribution in [0.15, 0.2) is 24.3 Å². The lowest BCUT2D eigenvalue weighted by Crippen LogP contribution is -2.43. The number of aryl methyl sites for hydroxylation is 1. The van der Waals surface area contributed by atoms with Crippen LogP contribution in [-0.2, 0) is 27.2 Å². The summed E-state index contributed by atoms with van der Waals surface area (Å²) in [5.41, 5.74) is 7.19. The molecule has 0 aromatic heterocycles. The molecule has 0 bridgehead atoms. The van der Waals surface area contributed by atoms with Crippen molar-refractivity contribution in [1.29, 1.82) is 0 Å². The highest BCUT2D eigenvalue weighted by Gasteiger charge is 2.36. The second-order valence-corrected chi connectivity index (χ2v) is 5.78. The van der Waals surface area contributed by atoms with Crippen LogP contribution < -0.4 is 11.1 Å². The van der Waals surface area contributed by atoms with Crippen LogP contribution >= 0.6 is 0 Å². The number of carbonyl (C=O) groups is 2. The number of amides is 2. The van der Waals surface area contributed by atoms with E-state index in [0.29, 0.717) is 13.2 Å². The maximum Gasteiger partial charge on any atom is 0.243 e. The van der Waals surface area contributed by atoms with E-state index in [9.17, 15) is 9.59 Å². The molecule has 0 radical (unpaired) electrons. The molecule has 1 atom stereocenters. The first kappa shape index (κ1) is 15.5. The van der Waals surface area contributed by atoms with E-state index in [-0.39, 0.29) is 17.9 Å². The Labute approximate surface area is 124 Å². The van der Waals surface area contributed by atoms with Gasteiger partial charge in [0, 0.05) is 6.54 Å². The van der Waals surface area contributed by atoms with Crippen LogP contribution in [0.3, 0.4) is 0 Å². The fraction of sp³-hybridized carbons (Fsp3) is 0.500. The van der Waals surface area contributed by atoms with Crippen LogP contribution in [0.4, 0.5) is 0 Å². The van der Waals surface area contributed by atoms with Gasteiger partial charge in [0.05, 0.1) is 12.0 Å². The minimum absolute atomic E-state index is 0.0414. The van der Waals surface area contributed by atoms with E-state index < -0.39 is 5.91 Å². The molecule has 0 unspecified atom stereocenters. The van der Waals surface area contributed by atoms with Gasteiger partial charge in [-0.25, -0.2) is 0 Å². The molecule has 114 valence electrons. The van der Waals surface area contributed by atoms with Crippen molar-refractivity contribution < 1.29 is 14.3 Å². The van der Waals surface area contributed by atoms with Gasteiger partial charge in [0.25, 0.3) is 0 Å². The summed E-state index contributed by atoms with van der Waals surface area (Å²) in [7, 11) is 0. The molecular formula is C16H22N2O3. The summed E-state index contributed by atoms with van der Waals surface area (Å²) in [6, 6.07) is 8.28. The van der Waals surface area contributed by atoms with Crippen LogP contribution in [0, 0.1) is 5.41 Å². The average Bonchev–Trinajstić information content (AvgIpc) is 2.46. The van der Waals surface area contributed by atoms with Crippen LogP contribution in [0.1, 0.15) is 24.5 Å². The highest BCUT2D eigenvalue weighted by atomic mass is 16.5. The molecule has 0 saturated heterocycles. The number of rotatable bonds is 6. The second kappa shape index (κ2) is 6.72. The van der Waals surface area contributed by atoms with Crippen LogP contribution in [0.2, 0.25) is 0 Å². The third kappa shape index (κ3) is 4.04. The minimum Gasteiger partial charge on any atom is -0.370 e. The number of nitrogens with one attached hydrogen (secondary N) is 1. The SMILES string of the molecule is C[C@]1(C(=O)NCCOCC(N)=O)CCc2ccccc2C1. The normalized spacial score (nSPS) is 20.6. The Morgan fingerprint density at radius 3 is 2.76 bits per heavy atom. The number of carbonyl (C=O) groups excluding carboxylic acids is 2. The molecule has 5 heteroatoms. The van der Waals surface area contributed by atoms with Crippen molar-refractivity contribution in [2.24, 2.45) is 11.1 Å². The van der Waals surface area contributed by atoms with Gasteiger partial charge in [-0.05, 0) is 30.4 Å². The Kier molecular flexibility index (Phi) is 4.96. The summed E-state index contributed by atoms with van der Waals surface area (Å²) in [5, 5.41) is 2.88. The van der Waals surface area contributed by atoms with E-state index in [0.717, 1.165) is 19.3 Å². The first-order valence-electron chi connectivity index (χ1n) is 7.22. The lowest BCUT2D eigenvalue weighted by Gasteiger charge is -2.33. The summed E-state index contributed by atoms with van der Waals surface area (Å²) >= 11 is 0. The first-order chi connectivity index (χ1) is 10.0. The van der Waals surface area contributed by atoms with Gasteiger partial charge in [0.15, 0.2) is 0 Å². The quantitative estimate of drug-likeness (QED) is 0.760. The molecule has 1 aliphatic carbocycles. The number of primary amides is 1. The van der Waals surface area contributed by atoms with Crippen LogP contribution in [-0.4, -0.2) is 31.6 Å². The average molecular weight is 290 g/mol. The molecule has 21 heavy (non-hydrogen) atoms. The number of hydrogen-bond donors (Lipinski definition) is 2. The maximum absolute atomic E-state index is 12.4. The zero-order valence-electron chi connectivity index (χ0n) is 12.4. The maximum atomic E-state index is 12.4. The lowest BCUT2D eigenvalue weighted by molar-refractivity contribution is -0.131. The smallest absolute Gasteiger partial charge is 0.243 e. The largest absolute Gasteiger partial charge is 0.370 e. The Balaban J connectivity index is 1.84. The summed E-state index contributed by atoms with van der Waals surface area (Å²) in [4.78, 5) is 22.9. The summed E-state index contributed by atoms with van der Waals surface area (Å²) in [6.07, 6.45) is 2.54. The third-order valence-electron chi connectivity index (χ3n) is 3.97. The Morgan fingerprint density at radius 1 is 1.33 bits per heavy atom. The monoisotopic (exact) mass is 290 g/mol. The molecular weight excluding hydrogens is 268 g/mol. The van der Waals surface area contributed by atoms with Gasteiger partial charge < -0.3 is 15.8 Å². The summed E-state index contributed by atoms with van der Waals surface area (Å²) < 4.78 is 5.03. The highest BCUT2D eigenvalue weighted by molar-refractivity contribution is 5.83. The number of fused-ring (bicyclic) bond motifs is 1. The van der Waals surface area contributed by atoms with Crippen molar-refractivity contribution in [3.8, 4) is 0 Å². The van der Waals surface area contributed by atoms with Gasteiger partial charge in [0.1, 0.15) is 6.61 Å². The number of ether oxygens (including phenoxy) is 1. The molecule has 1 aliphatic rings. The van der Waals surface area contributed by atoms with Crippen molar-refractivity contribution in [2.45, 2.75) is 26.2 Å². The predicted octanol–water partition coefficient (Wildman–Crippen LogP) is 0.800. The lowest BCUT2D eigenvalue weighted by atomic mass is 9.72. The number of nitrogens with two attached hydrogens (primary N) is 1. The van der Waals surface area contributed by atoms with Gasteiger partial charge in [-0.2, -0.15) is 0 Å². The zero-order chi connectivity index (χ0) is 15.3. The van der Waals surface area contributed by atoms with Crippen molar-refractivity contribution in [2.75, 3.05) is 19.8 Å². The standard InChI is InChI=1S/C16H22N2O3/c1-16(15(20)18-8-9-21-11-14(17)19)7-6-12-4-2-3-5-13(12)10-16/h2-5H,6-11H2,1H3,(H2,17,19)(H,18,20)/t16-/m0/s1. The van der Waals surface area contributed by atoms with E-state index in [2.05, 4.69) is 17.4 Å². The topological polar surface area (TPSA) is 81.4 Å². The predicted molar refractivity (Wildman–Crippen MR) is 79.6 cm³/mol. The van der Waals surface area contributed by atoms with Gasteiger partial charge in [-0.1, -0.05) is 31.2 Å². The van der Waals surface area contributed by atoms with E-state index in [4.69, 9.17) is 10.5 Å². The van der Waals surface area contributed by atoms with Crippen LogP contribution in [0.25, 0.3) is 0 Å².